The van der Waals surface area contributed by atoms with Crippen LogP contribution in [0, 0.1) is 0 Å². The van der Waals surface area contributed by atoms with E-state index in [9.17, 15) is 4.79 Å². The Morgan fingerprint density at radius 1 is 1.58 bits per heavy atom. The highest BCUT2D eigenvalue weighted by molar-refractivity contribution is 7.12. The lowest BCUT2D eigenvalue weighted by atomic mass is 10.0. The summed E-state index contributed by atoms with van der Waals surface area (Å²) in [5.74, 6) is -0.913. The minimum atomic E-state index is -0.913. The van der Waals surface area contributed by atoms with Gasteiger partial charge in [0.15, 0.2) is 0 Å². The zero-order valence-electron chi connectivity index (χ0n) is 11.3. The summed E-state index contributed by atoms with van der Waals surface area (Å²) >= 11 is 1.64. The predicted octanol–water partition coefficient (Wildman–Crippen LogP) is 2.46. The topological polar surface area (TPSA) is 49.8 Å². The van der Waals surface area contributed by atoms with Gasteiger partial charge in [-0.3, -0.25) is 4.90 Å². The molecule has 0 spiro atoms. The Bertz CT molecular complexity index is 479. The molecule has 0 saturated carbocycles. The van der Waals surface area contributed by atoms with Crippen LogP contribution in [0.15, 0.2) is 18.2 Å². The Balaban J connectivity index is 2.01. The molecule has 0 aliphatic carbocycles. The molecule has 1 aliphatic heterocycles. The molecule has 19 heavy (non-hydrogen) atoms. The lowest BCUT2D eigenvalue weighted by Gasteiger charge is -2.41. The van der Waals surface area contributed by atoms with Crippen molar-refractivity contribution in [3.8, 4) is 0 Å². The van der Waals surface area contributed by atoms with Crippen molar-refractivity contribution in [3.63, 3.8) is 0 Å². The third kappa shape index (κ3) is 3.89. The molecule has 1 aromatic heterocycles. The highest BCUT2D eigenvalue weighted by Gasteiger charge is 2.30. The number of carboxylic acids is 1. The van der Waals surface area contributed by atoms with Crippen molar-refractivity contribution in [2.45, 2.75) is 25.9 Å². The molecular formula is C14H19NO3S. The smallest absolute Gasteiger partial charge is 0.328 e. The van der Waals surface area contributed by atoms with Crippen molar-refractivity contribution in [3.05, 3.63) is 28.0 Å². The van der Waals surface area contributed by atoms with E-state index in [1.54, 1.807) is 17.4 Å². The van der Waals surface area contributed by atoms with Gasteiger partial charge in [0.25, 0.3) is 0 Å². The average molecular weight is 281 g/mol. The van der Waals surface area contributed by atoms with E-state index in [0.717, 1.165) is 31.2 Å². The fourth-order valence-corrected chi connectivity index (χ4v) is 3.03. The van der Waals surface area contributed by atoms with Gasteiger partial charge in [-0.1, -0.05) is 0 Å². The van der Waals surface area contributed by atoms with Gasteiger partial charge in [0, 0.05) is 34.5 Å². The molecule has 0 unspecified atom stereocenters. The number of morpholine rings is 1. The highest BCUT2D eigenvalue weighted by Crippen LogP contribution is 2.25. The van der Waals surface area contributed by atoms with Crippen molar-refractivity contribution in [2.24, 2.45) is 0 Å². The van der Waals surface area contributed by atoms with Gasteiger partial charge < -0.3 is 9.84 Å². The molecule has 0 atom stereocenters. The Morgan fingerprint density at radius 2 is 2.37 bits per heavy atom. The molecule has 104 valence electrons. The first-order valence-corrected chi connectivity index (χ1v) is 7.11. The standard InChI is InChI=1S/C14H19NO3S/c1-14(2)10-18-8-7-15(14)9-12-4-3-11(19-12)5-6-13(16)17/h3-6H,7-10H2,1-2H3,(H,16,17)/b6-5+. The zero-order chi connectivity index (χ0) is 13.9. The molecule has 2 heterocycles. The van der Waals surface area contributed by atoms with Crippen LogP contribution in [0.3, 0.4) is 0 Å². The molecule has 0 bridgehead atoms. The number of carboxylic acid groups (broad SMARTS) is 1. The van der Waals surface area contributed by atoms with Crippen LogP contribution < -0.4 is 0 Å². The van der Waals surface area contributed by atoms with Crippen LogP contribution in [-0.2, 0) is 16.1 Å². The quantitative estimate of drug-likeness (QED) is 0.861. The SMILES string of the molecule is CC1(C)COCCN1Cc1ccc(/C=C/C(=O)O)s1. The van der Waals surface area contributed by atoms with Gasteiger partial charge in [0.1, 0.15) is 0 Å². The maximum absolute atomic E-state index is 10.5. The Labute approximate surface area is 117 Å². The van der Waals surface area contributed by atoms with Crippen molar-refractivity contribution >= 4 is 23.4 Å². The van der Waals surface area contributed by atoms with Crippen molar-refractivity contribution in [2.75, 3.05) is 19.8 Å². The van der Waals surface area contributed by atoms with E-state index in [2.05, 4.69) is 24.8 Å². The molecule has 0 aromatic carbocycles. The summed E-state index contributed by atoms with van der Waals surface area (Å²) in [5, 5.41) is 8.61. The van der Waals surface area contributed by atoms with Crippen LogP contribution >= 0.6 is 11.3 Å². The van der Waals surface area contributed by atoms with Crippen LogP contribution in [-0.4, -0.2) is 41.3 Å². The maximum atomic E-state index is 10.5. The van der Waals surface area contributed by atoms with E-state index in [1.165, 1.54) is 11.0 Å². The molecule has 5 heteroatoms. The van der Waals surface area contributed by atoms with E-state index in [-0.39, 0.29) is 5.54 Å². The minimum Gasteiger partial charge on any atom is -0.478 e. The molecule has 1 aliphatic rings. The van der Waals surface area contributed by atoms with Crippen LogP contribution in [0.5, 0.6) is 0 Å². The van der Waals surface area contributed by atoms with Gasteiger partial charge in [-0.05, 0) is 32.1 Å². The largest absolute Gasteiger partial charge is 0.478 e. The van der Waals surface area contributed by atoms with Crippen molar-refractivity contribution in [1.29, 1.82) is 0 Å². The van der Waals surface area contributed by atoms with Gasteiger partial charge in [0.05, 0.1) is 13.2 Å². The summed E-state index contributed by atoms with van der Waals surface area (Å²) in [6.45, 7) is 7.73. The van der Waals surface area contributed by atoms with E-state index in [0.29, 0.717) is 0 Å². The summed E-state index contributed by atoms with van der Waals surface area (Å²) in [6, 6.07) is 4.03. The van der Waals surface area contributed by atoms with Crippen LogP contribution in [0.4, 0.5) is 0 Å². The minimum absolute atomic E-state index is 0.0549. The molecule has 2 rings (SSSR count). The Kier molecular flexibility index (Phi) is 4.39. The summed E-state index contributed by atoms with van der Waals surface area (Å²) in [4.78, 5) is 15.1. The molecule has 1 N–H and O–H groups in total. The summed E-state index contributed by atoms with van der Waals surface area (Å²) < 4.78 is 5.51. The monoisotopic (exact) mass is 281 g/mol. The van der Waals surface area contributed by atoms with Gasteiger partial charge >= 0.3 is 5.97 Å². The number of ether oxygens (including phenoxy) is 1. The first-order valence-electron chi connectivity index (χ1n) is 6.30. The molecule has 4 nitrogen and oxygen atoms in total. The molecule has 0 amide bonds. The zero-order valence-corrected chi connectivity index (χ0v) is 12.1. The number of carbonyl (C=O) groups is 1. The van der Waals surface area contributed by atoms with E-state index in [1.807, 2.05) is 6.07 Å². The molecular weight excluding hydrogens is 262 g/mol. The lowest BCUT2D eigenvalue weighted by molar-refractivity contribution is -0.131. The first kappa shape index (κ1) is 14.2. The Morgan fingerprint density at radius 3 is 3.05 bits per heavy atom. The number of rotatable bonds is 4. The van der Waals surface area contributed by atoms with Crippen molar-refractivity contribution in [1.82, 2.24) is 4.90 Å². The van der Waals surface area contributed by atoms with E-state index in [4.69, 9.17) is 9.84 Å². The number of aliphatic carboxylic acids is 1. The van der Waals surface area contributed by atoms with Crippen LogP contribution in [0.2, 0.25) is 0 Å². The number of nitrogens with zero attached hydrogens (tertiary/aromatic N) is 1. The summed E-state index contributed by atoms with van der Waals surface area (Å²) in [7, 11) is 0. The van der Waals surface area contributed by atoms with Crippen LogP contribution in [0.1, 0.15) is 23.6 Å². The molecule has 1 saturated heterocycles. The second-order valence-corrected chi connectivity index (χ2v) is 6.46. The maximum Gasteiger partial charge on any atom is 0.328 e. The number of thiophene rings is 1. The van der Waals surface area contributed by atoms with Gasteiger partial charge in [-0.25, -0.2) is 4.79 Å². The predicted molar refractivity (Wildman–Crippen MR) is 76.3 cm³/mol. The number of hydrogen-bond donors (Lipinski definition) is 1. The second-order valence-electron chi connectivity index (χ2n) is 5.26. The highest BCUT2D eigenvalue weighted by atomic mass is 32.1. The van der Waals surface area contributed by atoms with Gasteiger partial charge in [-0.2, -0.15) is 0 Å². The van der Waals surface area contributed by atoms with Gasteiger partial charge in [0.2, 0.25) is 0 Å². The molecule has 1 fully saturated rings. The van der Waals surface area contributed by atoms with E-state index >= 15 is 0 Å². The van der Waals surface area contributed by atoms with Crippen molar-refractivity contribution < 1.29 is 14.6 Å². The van der Waals surface area contributed by atoms with Gasteiger partial charge in [-0.15, -0.1) is 11.3 Å². The van der Waals surface area contributed by atoms with Crippen LogP contribution in [0.25, 0.3) is 6.08 Å². The summed E-state index contributed by atoms with van der Waals surface area (Å²) in [5.41, 5.74) is 0.0549. The van der Waals surface area contributed by atoms with E-state index < -0.39 is 5.97 Å². The summed E-state index contributed by atoms with van der Waals surface area (Å²) in [6.07, 6.45) is 2.81. The average Bonchev–Trinajstić information content (AvgIpc) is 2.77. The fourth-order valence-electron chi connectivity index (χ4n) is 2.09. The first-order chi connectivity index (χ1) is 8.97. The fraction of sp³-hybridized carbons (Fsp3) is 0.500. The molecule has 1 aromatic rings. The normalized spacial score (nSPS) is 19.9. The third-order valence-electron chi connectivity index (χ3n) is 3.24. The number of hydrogen-bond acceptors (Lipinski definition) is 4. The lowest BCUT2D eigenvalue weighted by Crippen LogP contribution is -2.52. The third-order valence-corrected chi connectivity index (χ3v) is 4.27. The second kappa shape index (κ2) is 5.86. The Hall–Kier alpha value is -1.17. The molecule has 0 radical (unpaired) electrons.